The Balaban J connectivity index is 2.37. The zero-order valence-corrected chi connectivity index (χ0v) is 8.53. The highest BCUT2D eigenvalue weighted by Gasteiger charge is 2.10. The minimum Gasteiger partial charge on any atom is -0.399 e. The molecule has 1 aromatic carbocycles. The van der Waals surface area contributed by atoms with Crippen LogP contribution < -0.4 is 5.73 Å². The van der Waals surface area contributed by atoms with E-state index >= 15 is 0 Å². The van der Waals surface area contributed by atoms with Gasteiger partial charge in [0.05, 0.1) is 4.92 Å². The Kier molecular flexibility index (Phi) is 2.39. The first-order valence-corrected chi connectivity index (χ1v) is 5.08. The van der Waals surface area contributed by atoms with Crippen LogP contribution in [0.3, 0.4) is 0 Å². The van der Waals surface area contributed by atoms with E-state index in [1.807, 2.05) is 12.1 Å². The molecule has 2 rings (SSSR count). The van der Waals surface area contributed by atoms with Crippen molar-refractivity contribution in [3.05, 3.63) is 46.5 Å². The maximum atomic E-state index is 10.5. The SMILES string of the molecule is Nc1ccc(-c2ccc([N+](=O)[O-])s2)cc1. The zero-order chi connectivity index (χ0) is 10.8. The Labute approximate surface area is 90.1 Å². The van der Waals surface area contributed by atoms with Gasteiger partial charge >= 0.3 is 5.00 Å². The molecule has 0 aliphatic rings. The van der Waals surface area contributed by atoms with Crippen molar-refractivity contribution in [1.82, 2.24) is 0 Å². The van der Waals surface area contributed by atoms with Crippen LogP contribution in [0, 0.1) is 10.1 Å². The number of benzene rings is 1. The fourth-order valence-electron chi connectivity index (χ4n) is 1.23. The molecular weight excluding hydrogens is 212 g/mol. The minimum absolute atomic E-state index is 0.154. The van der Waals surface area contributed by atoms with Crippen LogP contribution >= 0.6 is 11.3 Å². The molecular formula is C10H8N2O2S. The number of nitrogens with zero attached hydrogens (tertiary/aromatic N) is 1. The van der Waals surface area contributed by atoms with Gasteiger partial charge in [0.15, 0.2) is 0 Å². The van der Waals surface area contributed by atoms with Crippen molar-refractivity contribution in [1.29, 1.82) is 0 Å². The van der Waals surface area contributed by atoms with Crippen LogP contribution in [-0.4, -0.2) is 4.92 Å². The molecule has 76 valence electrons. The van der Waals surface area contributed by atoms with Gasteiger partial charge in [0, 0.05) is 16.6 Å². The average Bonchev–Trinajstić information content (AvgIpc) is 2.68. The number of nitro groups is 1. The molecule has 2 aromatic rings. The van der Waals surface area contributed by atoms with E-state index in [1.165, 1.54) is 6.07 Å². The maximum absolute atomic E-state index is 10.5. The summed E-state index contributed by atoms with van der Waals surface area (Å²) >= 11 is 1.16. The lowest BCUT2D eigenvalue weighted by atomic mass is 10.2. The highest BCUT2D eigenvalue weighted by molar-refractivity contribution is 7.18. The Morgan fingerprint density at radius 3 is 2.33 bits per heavy atom. The standard InChI is InChI=1S/C10H8N2O2S/c11-8-3-1-7(2-4-8)9-5-6-10(15-9)12(13)14/h1-6H,11H2. The summed E-state index contributed by atoms with van der Waals surface area (Å²) in [5, 5.41) is 10.7. The van der Waals surface area contributed by atoms with Gasteiger partial charge in [0.1, 0.15) is 0 Å². The number of hydrogen-bond acceptors (Lipinski definition) is 4. The summed E-state index contributed by atoms with van der Waals surface area (Å²) in [6.45, 7) is 0. The van der Waals surface area contributed by atoms with Crippen molar-refractivity contribution in [3.63, 3.8) is 0 Å². The van der Waals surface area contributed by atoms with Gasteiger partial charge in [-0.15, -0.1) is 0 Å². The average molecular weight is 220 g/mol. The zero-order valence-electron chi connectivity index (χ0n) is 7.71. The normalized spacial score (nSPS) is 10.1. The fourth-order valence-corrected chi connectivity index (χ4v) is 2.05. The lowest BCUT2D eigenvalue weighted by molar-refractivity contribution is -0.380. The van der Waals surface area contributed by atoms with Crippen LogP contribution in [0.15, 0.2) is 36.4 Å². The summed E-state index contributed by atoms with van der Waals surface area (Å²) in [6, 6.07) is 10.5. The summed E-state index contributed by atoms with van der Waals surface area (Å²) in [4.78, 5) is 11.0. The number of thiophene rings is 1. The Bertz CT molecular complexity index is 490. The van der Waals surface area contributed by atoms with Crippen molar-refractivity contribution < 1.29 is 4.92 Å². The second-order valence-corrected chi connectivity index (χ2v) is 4.08. The van der Waals surface area contributed by atoms with E-state index in [1.54, 1.807) is 18.2 Å². The minimum atomic E-state index is -0.383. The van der Waals surface area contributed by atoms with Crippen molar-refractivity contribution in [2.75, 3.05) is 5.73 Å². The van der Waals surface area contributed by atoms with Crippen molar-refractivity contribution in [2.45, 2.75) is 0 Å². The topological polar surface area (TPSA) is 69.2 Å². The molecule has 0 aliphatic carbocycles. The summed E-state index contributed by atoms with van der Waals surface area (Å²) in [7, 11) is 0. The summed E-state index contributed by atoms with van der Waals surface area (Å²) < 4.78 is 0. The van der Waals surface area contributed by atoms with Gasteiger partial charge in [-0.1, -0.05) is 23.5 Å². The number of nitrogens with two attached hydrogens (primary N) is 1. The third kappa shape index (κ3) is 1.97. The molecule has 15 heavy (non-hydrogen) atoms. The predicted molar refractivity (Wildman–Crippen MR) is 60.8 cm³/mol. The predicted octanol–water partition coefficient (Wildman–Crippen LogP) is 2.91. The van der Waals surface area contributed by atoms with Crippen LogP contribution in [0.5, 0.6) is 0 Å². The third-order valence-corrected chi connectivity index (χ3v) is 3.05. The Morgan fingerprint density at radius 2 is 1.80 bits per heavy atom. The van der Waals surface area contributed by atoms with Gasteiger partial charge in [-0.3, -0.25) is 10.1 Å². The quantitative estimate of drug-likeness (QED) is 0.480. The smallest absolute Gasteiger partial charge is 0.324 e. The highest BCUT2D eigenvalue weighted by atomic mass is 32.1. The number of rotatable bonds is 2. The number of hydrogen-bond donors (Lipinski definition) is 1. The lowest BCUT2D eigenvalue weighted by Crippen LogP contribution is -1.82. The molecule has 1 heterocycles. The van der Waals surface area contributed by atoms with E-state index in [4.69, 9.17) is 5.73 Å². The van der Waals surface area contributed by atoms with Gasteiger partial charge in [0.25, 0.3) is 0 Å². The maximum Gasteiger partial charge on any atom is 0.324 e. The molecule has 0 saturated carbocycles. The highest BCUT2D eigenvalue weighted by Crippen LogP contribution is 2.32. The largest absolute Gasteiger partial charge is 0.399 e. The molecule has 5 heteroatoms. The van der Waals surface area contributed by atoms with Crippen LogP contribution in [0.1, 0.15) is 0 Å². The molecule has 0 saturated heterocycles. The summed E-state index contributed by atoms with van der Waals surface area (Å²) in [6.07, 6.45) is 0. The van der Waals surface area contributed by atoms with Crippen molar-refractivity contribution >= 4 is 22.0 Å². The molecule has 0 spiro atoms. The lowest BCUT2D eigenvalue weighted by Gasteiger charge is -1.96. The van der Waals surface area contributed by atoms with E-state index in [2.05, 4.69) is 0 Å². The molecule has 0 amide bonds. The molecule has 0 fully saturated rings. The molecule has 0 radical (unpaired) electrons. The van der Waals surface area contributed by atoms with Gasteiger partial charge in [-0.2, -0.15) is 0 Å². The molecule has 0 atom stereocenters. The Morgan fingerprint density at radius 1 is 1.13 bits per heavy atom. The molecule has 4 nitrogen and oxygen atoms in total. The first-order chi connectivity index (χ1) is 7.16. The molecule has 1 aromatic heterocycles. The van der Waals surface area contributed by atoms with E-state index in [-0.39, 0.29) is 9.92 Å². The first-order valence-electron chi connectivity index (χ1n) is 4.27. The van der Waals surface area contributed by atoms with Crippen LogP contribution in [0.4, 0.5) is 10.7 Å². The fraction of sp³-hybridized carbons (Fsp3) is 0. The van der Waals surface area contributed by atoms with Crippen molar-refractivity contribution in [2.24, 2.45) is 0 Å². The molecule has 0 unspecified atom stereocenters. The number of nitrogen functional groups attached to an aromatic ring is 1. The van der Waals surface area contributed by atoms with Gasteiger partial charge in [-0.25, -0.2) is 0 Å². The van der Waals surface area contributed by atoms with E-state index in [0.29, 0.717) is 5.69 Å². The van der Waals surface area contributed by atoms with Gasteiger partial charge < -0.3 is 5.73 Å². The monoisotopic (exact) mass is 220 g/mol. The van der Waals surface area contributed by atoms with Crippen LogP contribution in [0.25, 0.3) is 10.4 Å². The van der Waals surface area contributed by atoms with Crippen LogP contribution in [-0.2, 0) is 0 Å². The molecule has 0 aliphatic heterocycles. The second kappa shape index (κ2) is 3.70. The first kappa shape index (κ1) is 9.67. The summed E-state index contributed by atoms with van der Waals surface area (Å²) in [5.41, 5.74) is 7.18. The second-order valence-electron chi connectivity index (χ2n) is 3.02. The van der Waals surface area contributed by atoms with E-state index < -0.39 is 0 Å². The number of anilines is 1. The van der Waals surface area contributed by atoms with E-state index in [0.717, 1.165) is 21.8 Å². The van der Waals surface area contributed by atoms with Crippen molar-refractivity contribution in [3.8, 4) is 10.4 Å². The van der Waals surface area contributed by atoms with E-state index in [9.17, 15) is 10.1 Å². The van der Waals surface area contributed by atoms with Gasteiger partial charge in [-0.05, 0) is 23.8 Å². The summed E-state index contributed by atoms with van der Waals surface area (Å²) in [5.74, 6) is 0. The third-order valence-electron chi connectivity index (χ3n) is 1.97. The molecule has 0 bridgehead atoms. The molecule has 2 N–H and O–H groups in total. The van der Waals surface area contributed by atoms with Crippen LogP contribution in [0.2, 0.25) is 0 Å². The van der Waals surface area contributed by atoms with Gasteiger partial charge in [0.2, 0.25) is 0 Å². The Hall–Kier alpha value is -1.88.